The second-order valence-electron chi connectivity index (χ2n) is 12.7. The van der Waals surface area contributed by atoms with Crippen LogP contribution in [0, 0.1) is 0 Å². The van der Waals surface area contributed by atoms with Crippen molar-refractivity contribution in [2.45, 2.75) is 0 Å². The van der Waals surface area contributed by atoms with E-state index < -0.39 is 0 Å². The average molecular weight is 653 g/mol. The number of rotatable bonds is 5. The zero-order chi connectivity index (χ0) is 33.7. The predicted octanol–water partition coefficient (Wildman–Crippen LogP) is 11.8. The van der Waals surface area contributed by atoms with Crippen LogP contribution in [0.3, 0.4) is 0 Å². The van der Waals surface area contributed by atoms with E-state index in [9.17, 15) is 0 Å². The van der Waals surface area contributed by atoms with Crippen molar-refractivity contribution >= 4 is 43.6 Å². The molecule has 5 heteroatoms. The first-order chi connectivity index (χ1) is 25.2. The number of benzene rings is 5. The molecule has 51 heavy (non-hydrogen) atoms. The van der Waals surface area contributed by atoms with Crippen molar-refractivity contribution in [3.8, 4) is 56.3 Å². The van der Waals surface area contributed by atoms with Crippen molar-refractivity contribution in [1.82, 2.24) is 19.9 Å². The second-order valence-corrected chi connectivity index (χ2v) is 12.7. The zero-order valence-electron chi connectivity index (χ0n) is 27.4. The summed E-state index contributed by atoms with van der Waals surface area (Å²) in [5, 5.41) is 5.46. The van der Waals surface area contributed by atoms with Gasteiger partial charge in [0.05, 0.1) is 39.4 Å². The lowest BCUT2D eigenvalue weighted by Crippen LogP contribution is -1.94. The Labute approximate surface area is 293 Å². The summed E-state index contributed by atoms with van der Waals surface area (Å²) < 4.78 is 6.53. The molecular formula is C46H28N4O. The summed E-state index contributed by atoms with van der Waals surface area (Å²) in [6, 6.07) is 54.3. The number of fused-ring (bicyclic) bond motifs is 6. The molecule has 0 aliphatic heterocycles. The van der Waals surface area contributed by atoms with Gasteiger partial charge < -0.3 is 4.42 Å². The smallest absolute Gasteiger partial charge is 0.147 e. The fraction of sp³-hybridized carbons (Fsp3) is 0. The van der Waals surface area contributed by atoms with Gasteiger partial charge in [0, 0.05) is 28.7 Å². The highest BCUT2D eigenvalue weighted by atomic mass is 16.3. The van der Waals surface area contributed by atoms with E-state index in [1.54, 1.807) is 12.4 Å². The lowest BCUT2D eigenvalue weighted by Gasteiger charge is -2.11. The van der Waals surface area contributed by atoms with Crippen LogP contribution in [0.25, 0.3) is 99.9 Å². The third-order valence-electron chi connectivity index (χ3n) is 9.56. The molecule has 0 spiro atoms. The van der Waals surface area contributed by atoms with E-state index in [0.717, 1.165) is 94.5 Å². The van der Waals surface area contributed by atoms with E-state index in [4.69, 9.17) is 14.4 Å². The fourth-order valence-electron chi connectivity index (χ4n) is 7.02. The summed E-state index contributed by atoms with van der Waals surface area (Å²) >= 11 is 0. The molecule has 0 aliphatic rings. The molecule has 5 aromatic heterocycles. The van der Waals surface area contributed by atoms with Gasteiger partial charge in [-0.2, -0.15) is 0 Å². The molecule has 0 fully saturated rings. The van der Waals surface area contributed by atoms with Crippen LogP contribution in [0.4, 0.5) is 0 Å². The molecule has 0 aliphatic carbocycles. The van der Waals surface area contributed by atoms with Crippen molar-refractivity contribution in [1.29, 1.82) is 0 Å². The van der Waals surface area contributed by atoms with E-state index in [1.165, 1.54) is 5.39 Å². The van der Waals surface area contributed by atoms with Gasteiger partial charge in [0.2, 0.25) is 0 Å². The summed E-state index contributed by atoms with van der Waals surface area (Å²) in [5.74, 6) is 0. The lowest BCUT2D eigenvalue weighted by atomic mass is 9.97. The molecule has 0 atom stereocenters. The normalized spacial score (nSPS) is 11.5. The Balaban J connectivity index is 1.03. The molecule has 238 valence electrons. The van der Waals surface area contributed by atoms with Gasteiger partial charge in [0.1, 0.15) is 11.2 Å². The zero-order valence-corrected chi connectivity index (χ0v) is 27.4. The molecule has 0 saturated heterocycles. The Morgan fingerprint density at radius 1 is 0.392 bits per heavy atom. The van der Waals surface area contributed by atoms with E-state index >= 15 is 0 Å². The van der Waals surface area contributed by atoms with Crippen molar-refractivity contribution < 1.29 is 4.42 Å². The van der Waals surface area contributed by atoms with Crippen molar-refractivity contribution in [3.63, 3.8) is 0 Å². The Morgan fingerprint density at radius 2 is 0.941 bits per heavy atom. The fourth-order valence-corrected chi connectivity index (χ4v) is 7.02. The van der Waals surface area contributed by atoms with Crippen molar-refractivity contribution in [3.05, 3.63) is 170 Å². The minimum atomic E-state index is 0.809. The van der Waals surface area contributed by atoms with E-state index in [1.807, 2.05) is 48.5 Å². The summed E-state index contributed by atoms with van der Waals surface area (Å²) in [4.78, 5) is 19.3. The highest BCUT2D eigenvalue weighted by molar-refractivity contribution is 6.20. The van der Waals surface area contributed by atoms with Crippen LogP contribution in [-0.4, -0.2) is 19.9 Å². The van der Waals surface area contributed by atoms with E-state index in [2.05, 4.69) is 119 Å². The first-order valence-electron chi connectivity index (χ1n) is 17.0. The maximum absolute atomic E-state index is 6.53. The molecule has 0 radical (unpaired) electrons. The minimum Gasteiger partial charge on any atom is -0.455 e. The van der Waals surface area contributed by atoms with Crippen LogP contribution < -0.4 is 0 Å². The topological polar surface area (TPSA) is 64.7 Å². The molecule has 10 rings (SSSR count). The van der Waals surface area contributed by atoms with Crippen LogP contribution in [0.1, 0.15) is 0 Å². The molecule has 0 N–H and O–H groups in total. The molecule has 0 bridgehead atoms. The number of furan rings is 1. The van der Waals surface area contributed by atoms with Crippen molar-refractivity contribution in [2.75, 3.05) is 0 Å². The van der Waals surface area contributed by atoms with Gasteiger partial charge in [0.25, 0.3) is 0 Å². The van der Waals surface area contributed by atoms with E-state index in [0.29, 0.717) is 0 Å². The average Bonchev–Trinajstić information content (AvgIpc) is 3.61. The van der Waals surface area contributed by atoms with Gasteiger partial charge in [-0.1, -0.05) is 103 Å². The van der Waals surface area contributed by atoms with Gasteiger partial charge in [-0.05, 0) is 87.6 Å². The quantitative estimate of drug-likeness (QED) is 0.173. The van der Waals surface area contributed by atoms with Crippen LogP contribution in [0.2, 0.25) is 0 Å². The summed E-state index contributed by atoms with van der Waals surface area (Å²) in [5.41, 5.74) is 12.3. The largest absolute Gasteiger partial charge is 0.455 e. The number of para-hydroxylation sites is 1. The second kappa shape index (κ2) is 11.9. The number of hydrogen-bond acceptors (Lipinski definition) is 5. The summed E-state index contributed by atoms with van der Waals surface area (Å²) in [6.45, 7) is 0. The monoisotopic (exact) mass is 652 g/mol. The first-order valence-corrected chi connectivity index (χ1v) is 17.0. The third-order valence-corrected chi connectivity index (χ3v) is 9.56. The standard InChI is InChI=1S/C46H28N4O/c1-2-10-34-26-40-37(25-33(34)9-1)46-44(36-11-3-4-14-43(36)51-46)45(50-40)32-21-19-30(20-22-32)29-15-17-31(18-16-29)35-27-41(38-12-5-7-23-47-38)49-42(28-35)39-13-6-8-24-48-39/h1-28H. The maximum Gasteiger partial charge on any atom is 0.147 e. The highest BCUT2D eigenvalue weighted by Gasteiger charge is 2.18. The molecular weight excluding hydrogens is 625 g/mol. The van der Waals surface area contributed by atoms with Gasteiger partial charge in [-0.25, -0.2) is 9.97 Å². The maximum atomic E-state index is 6.53. The van der Waals surface area contributed by atoms with Crippen LogP contribution in [-0.2, 0) is 0 Å². The first kappa shape index (κ1) is 29.0. The summed E-state index contributed by atoms with van der Waals surface area (Å²) in [6.07, 6.45) is 3.59. The number of aromatic nitrogens is 4. The molecule has 0 amide bonds. The van der Waals surface area contributed by atoms with Gasteiger partial charge >= 0.3 is 0 Å². The lowest BCUT2D eigenvalue weighted by molar-refractivity contribution is 0.672. The SMILES string of the molecule is c1ccc(-c2cc(-c3ccc(-c4ccc(-c5nc6cc7ccccc7cc6c6oc7ccccc7c56)cc4)cc3)cc(-c3ccccn3)n2)nc1. The molecule has 5 nitrogen and oxygen atoms in total. The highest BCUT2D eigenvalue weighted by Crippen LogP contribution is 2.41. The minimum absolute atomic E-state index is 0.809. The summed E-state index contributed by atoms with van der Waals surface area (Å²) in [7, 11) is 0. The predicted molar refractivity (Wildman–Crippen MR) is 207 cm³/mol. The van der Waals surface area contributed by atoms with Gasteiger partial charge in [-0.3, -0.25) is 9.97 Å². The van der Waals surface area contributed by atoms with Gasteiger partial charge in [-0.15, -0.1) is 0 Å². The Hall–Kier alpha value is -6.98. The molecule has 10 aromatic rings. The van der Waals surface area contributed by atoms with Gasteiger partial charge in [0.15, 0.2) is 0 Å². The molecule has 0 saturated carbocycles. The van der Waals surface area contributed by atoms with Crippen LogP contribution in [0.5, 0.6) is 0 Å². The van der Waals surface area contributed by atoms with E-state index in [-0.39, 0.29) is 0 Å². The van der Waals surface area contributed by atoms with Crippen LogP contribution >= 0.6 is 0 Å². The number of pyridine rings is 4. The Bertz CT molecular complexity index is 2820. The Kier molecular flexibility index (Phi) is 6.74. The molecule has 5 heterocycles. The molecule has 5 aromatic carbocycles. The van der Waals surface area contributed by atoms with Crippen LogP contribution in [0.15, 0.2) is 175 Å². The third kappa shape index (κ3) is 5.11. The number of nitrogens with zero attached hydrogens (tertiary/aromatic N) is 4. The Morgan fingerprint density at radius 3 is 1.57 bits per heavy atom. The molecule has 0 unspecified atom stereocenters. The number of hydrogen-bond donors (Lipinski definition) is 0. The van der Waals surface area contributed by atoms with Crippen molar-refractivity contribution in [2.24, 2.45) is 0 Å².